The highest BCUT2D eigenvalue weighted by molar-refractivity contribution is 5.91. The van der Waals surface area contributed by atoms with Crippen molar-refractivity contribution in [1.82, 2.24) is 10.2 Å². The third kappa shape index (κ3) is 1.91. The molecular formula is C13H13N3O3. The molecule has 0 radical (unpaired) electrons. The van der Waals surface area contributed by atoms with E-state index in [1.54, 1.807) is 0 Å². The Morgan fingerprint density at radius 2 is 2.42 bits per heavy atom. The molecule has 98 valence electrons. The molecular weight excluding hydrogens is 246 g/mol. The molecule has 0 saturated carbocycles. The molecule has 3 N–H and O–H groups in total. The van der Waals surface area contributed by atoms with Gasteiger partial charge in [0.05, 0.1) is 12.6 Å². The van der Waals surface area contributed by atoms with Gasteiger partial charge in [0.15, 0.2) is 11.9 Å². The third-order valence-corrected chi connectivity index (χ3v) is 3.13. The minimum absolute atomic E-state index is 0.366. The summed E-state index contributed by atoms with van der Waals surface area (Å²) in [4.78, 5) is 11.4. The highest BCUT2D eigenvalue weighted by atomic mass is 16.6. The maximum atomic E-state index is 11.4. The summed E-state index contributed by atoms with van der Waals surface area (Å²) >= 11 is 0. The number of H-pyrrole nitrogens is 1. The summed E-state index contributed by atoms with van der Waals surface area (Å²) in [6, 6.07) is 5.66. The minimum Gasteiger partial charge on any atom is -0.478 e. The molecule has 2 aromatic rings. The number of methoxy groups -OCH3 is 1. The smallest absolute Gasteiger partial charge is 0.347 e. The number of ether oxygens (including phenoxy) is 2. The first-order chi connectivity index (χ1) is 9.19. The van der Waals surface area contributed by atoms with Crippen molar-refractivity contribution in [1.29, 1.82) is 0 Å². The van der Waals surface area contributed by atoms with Crippen molar-refractivity contribution in [2.24, 2.45) is 0 Å². The van der Waals surface area contributed by atoms with Crippen LogP contribution in [0.3, 0.4) is 0 Å². The molecule has 1 atom stereocenters. The summed E-state index contributed by atoms with van der Waals surface area (Å²) in [5.74, 6) is 0.744. The Bertz CT molecular complexity index is 675. The van der Waals surface area contributed by atoms with Gasteiger partial charge in [0.2, 0.25) is 0 Å². The number of rotatable bonds is 2. The van der Waals surface area contributed by atoms with Gasteiger partial charge in [-0.3, -0.25) is 5.10 Å². The van der Waals surface area contributed by atoms with Crippen LogP contribution in [0.4, 0.5) is 5.82 Å². The number of hydrogen-bond acceptors (Lipinski definition) is 5. The van der Waals surface area contributed by atoms with Gasteiger partial charge in [0.1, 0.15) is 5.76 Å². The first-order valence-electron chi connectivity index (χ1n) is 5.87. The second-order valence-corrected chi connectivity index (χ2v) is 4.30. The molecule has 0 saturated heterocycles. The van der Waals surface area contributed by atoms with Crippen LogP contribution in [-0.4, -0.2) is 29.4 Å². The van der Waals surface area contributed by atoms with E-state index in [4.69, 9.17) is 10.5 Å². The number of carbonyl (C=O) groups is 1. The van der Waals surface area contributed by atoms with E-state index in [1.165, 1.54) is 7.11 Å². The van der Waals surface area contributed by atoms with E-state index in [9.17, 15) is 4.79 Å². The minimum atomic E-state index is -0.558. The van der Waals surface area contributed by atoms with Gasteiger partial charge in [0.25, 0.3) is 0 Å². The maximum Gasteiger partial charge on any atom is 0.347 e. The van der Waals surface area contributed by atoms with Gasteiger partial charge in [0, 0.05) is 17.4 Å². The fraction of sp³-hybridized carbons (Fsp3) is 0.231. The van der Waals surface area contributed by atoms with Crippen LogP contribution in [0.25, 0.3) is 16.7 Å². The lowest BCUT2D eigenvalue weighted by Crippen LogP contribution is -2.21. The van der Waals surface area contributed by atoms with Crippen molar-refractivity contribution < 1.29 is 14.3 Å². The second-order valence-electron chi connectivity index (χ2n) is 4.30. The molecule has 0 fully saturated rings. The van der Waals surface area contributed by atoms with E-state index in [2.05, 4.69) is 14.9 Å². The Kier molecular flexibility index (Phi) is 2.63. The molecule has 0 bridgehead atoms. The maximum absolute atomic E-state index is 11.4. The van der Waals surface area contributed by atoms with Crippen molar-refractivity contribution >= 4 is 28.4 Å². The SMILES string of the molecule is COC(=O)C1CC=C(c2ccc3[nH]nc(N)c3c2)O1. The van der Waals surface area contributed by atoms with Gasteiger partial charge in [-0.25, -0.2) is 4.79 Å². The summed E-state index contributed by atoms with van der Waals surface area (Å²) in [6.45, 7) is 0. The lowest BCUT2D eigenvalue weighted by atomic mass is 10.1. The number of carbonyl (C=O) groups excluding carboxylic acids is 1. The normalized spacial score (nSPS) is 18.2. The number of esters is 1. The van der Waals surface area contributed by atoms with Gasteiger partial charge in [-0.1, -0.05) is 0 Å². The van der Waals surface area contributed by atoms with Crippen molar-refractivity contribution in [3.05, 3.63) is 29.8 Å². The molecule has 6 nitrogen and oxygen atoms in total. The molecule has 0 spiro atoms. The molecule has 19 heavy (non-hydrogen) atoms. The van der Waals surface area contributed by atoms with Gasteiger partial charge in [-0.2, -0.15) is 5.10 Å². The number of fused-ring (bicyclic) bond motifs is 1. The van der Waals surface area contributed by atoms with Crippen LogP contribution >= 0.6 is 0 Å². The molecule has 6 heteroatoms. The van der Waals surface area contributed by atoms with E-state index in [0.717, 1.165) is 16.5 Å². The summed E-state index contributed by atoms with van der Waals surface area (Å²) in [6.07, 6.45) is 1.83. The Hall–Kier alpha value is -2.50. The number of aromatic nitrogens is 2. The summed E-state index contributed by atoms with van der Waals surface area (Å²) < 4.78 is 10.2. The zero-order chi connectivity index (χ0) is 13.4. The van der Waals surface area contributed by atoms with Crippen LogP contribution in [0.2, 0.25) is 0 Å². The van der Waals surface area contributed by atoms with Crippen LogP contribution in [0.15, 0.2) is 24.3 Å². The van der Waals surface area contributed by atoms with Crippen molar-refractivity contribution in [2.45, 2.75) is 12.5 Å². The number of nitrogen functional groups attached to an aromatic ring is 1. The van der Waals surface area contributed by atoms with E-state index in [0.29, 0.717) is 18.0 Å². The average Bonchev–Trinajstić information content (AvgIpc) is 3.05. The van der Waals surface area contributed by atoms with Crippen LogP contribution in [0, 0.1) is 0 Å². The highest BCUT2D eigenvalue weighted by Gasteiger charge is 2.27. The van der Waals surface area contributed by atoms with Crippen molar-refractivity contribution in [3.63, 3.8) is 0 Å². The largest absolute Gasteiger partial charge is 0.478 e. The van der Waals surface area contributed by atoms with Gasteiger partial charge in [-0.15, -0.1) is 0 Å². The Labute approximate surface area is 109 Å². The number of benzene rings is 1. The zero-order valence-electron chi connectivity index (χ0n) is 10.3. The lowest BCUT2D eigenvalue weighted by molar-refractivity contribution is -0.149. The Morgan fingerprint density at radius 1 is 1.58 bits per heavy atom. The van der Waals surface area contributed by atoms with Crippen molar-refractivity contribution in [2.75, 3.05) is 12.8 Å². The molecule has 1 aromatic heterocycles. The molecule has 0 aliphatic carbocycles. The zero-order valence-corrected chi connectivity index (χ0v) is 10.3. The Morgan fingerprint density at radius 3 is 3.21 bits per heavy atom. The van der Waals surface area contributed by atoms with E-state index < -0.39 is 6.10 Å². The fourth-order valence-electron chi connectivity index (χ4n) is 2.11. The molecule has 1 aliphatic heterocycles. The fourth-order valence-corrected chi connectivity index (χ4v) is 2.11. The van der Waals surface area contributed by atoms with Gasteiger partial charge in [-0.05, 0) is 24.3 Å². The standard InChI is InChI=1S/C13H13N3O3/c1-18-13(17)11-5-4-10(19-11)7-2-3-9-8(6-7)12(14)16-15-9/h2-4,6,11H,5H2,1H3,(H3,14,15,16). The first kappa shape index (κ1) is 11.6. The van der Waals surface area contributed by atoms with Crippen LogP contribution in [0.5, 0.6) is 0 Å². The van der Waals surface area contributed by atoms with Gasteiger partial charge < -0.3 is 15.2 Å². The molecule has 0 amide bonds. The van der Waals surface area contributed by atoms with E-state index in [-0.39, 0.29) is 5.97 Å². The molecule has 1 unspecified atom stereocenters. The second kappa shape index (κ2) is 4.31. The number of nitrogens with zero attached hydrogens (tertiary/aromatic N) is 1. The number of hydrogen-bond donors (Lipinski definition) is 2. The van der Waals surface area contributed by atoms with E-state index in [1.807, 2.05) is 24.3 Å². The van der Waals surface area contributed by atoms with Crippen LogP contribution < -0.4 is 5.73 Å². The van der Waals surface area contributed by atoms with Crippen LogP contribution in [0.1, 0.15) is 12.0 Å². The average molecular weight is 259 g/mol. The summed E-state index contributed by atoms with van der Waals surface area (Å²) in [5, 5.41) is 7.61. The van der Waals surface area contributed by atoms with Crippen LogP contribution in [-0.2, 0) is 14.3 Å². The van der Waals surface area contributed by atoms with Crippen molar-refractivity contribution in [3.8, 4) is 0 Å². The number of nitrogens with two attached hydrogens (primary N) is 1. The lowest BCUT2D eigenvalue weighted by Gasteiger charge is -2.11. The monoisotopic (exact) mass is 259 g/mol. The van der Waals surface area contributed by atoms with E-state index >= 15 is 0 Å². The first-order valence-corrected chi connectivity index (χ1v) is 5.87. The summed E-state index contributed by atoms with van der Waals surface area (Å²) in [5.41, 5.74) is 7.50. The predicted molar refractivity (Wildman–Crippen MR) is 70.0 cm³/mol. The number of aromatic amines is 1. The topological polar surface area (TPSA) is 90.2 Å². The third-order valence-electron chi connectivity index (χ3n) is 3.13. The predicted octanol–water partition coefficient (Wildman–Crippen LogP) is 1.45. The quantitative estimate of drug-likeness (QED) is 0.796. The highest BCUT2D eigenvalue weighted by Crippen LogP contribution is 2.29. The molecule has 3 rings (SSSR count). The molecule has 1 aromatic carbocycles. The molecule has 1 aliphatic rings. The number of nitrogens with one attached hydrogen (secondary N) is 1. The van der Waals surface area contributed by atoms with Gasteiger partial charge >= 0.3 is 5.97 Å². The Balaban J connectivity index is 1.89. The molecule has 2 heterocycles. The number of anilines is 1. The summed E-state index contributed by atoms with van der Waals surface area (Å²) in [7, 11) is 1.35.